The van der Waals surface area contributed by atoms with Crippen LogP contribution in [-0.2, 0) is 17.8 Å². The molecule has 0 aliphatic heterocycles. The second kappa shape index (κ2) is 8.37. The van der Waals surface area contributed by atoms with E-state index in [1.54, 1.807) is 6.07 Å². The number of hydrogen-bond acceptors (Lipinski definition) is 4. The van der Waals surface area contributed by atoms with Crippen LogP contribution in [0.4, 0.5) is 0 Å². The summed E-state index contributed by atoms with van der Waals surface area (Å²) in [5, 5.41) is 8.80. The zero-order chi connectivity index (χ0) is 20.4. The molecule has 6 heteroatoms. The summed E-state index contributed by atoms with van der Waals surface area (Å²) in [5.41, 5.74) is 3.36. The van der Waals surface area contributed by atoms with Gasteiger partial charge >= 0.3 is 0 Å². The third kappa shape index (κ3) is 4.20. The van der Waals surface area contributed by atoms with Crippen LogP contribution in [0.2, 0.25) is 5.02 Å². The van der Waals surface area contributed by atoms with Crippen molar-refractivity contribution in [3.8, 4) is 11.5 Å². The maximum Gasteiger partial charge on any atom is 0.249 e. The lowest BCUT2D eigenvalue weighted by atomic mass is 9.97. The number of carbonyl (C=O) groups is 1. The van der Waals surface area contributed by atoms with Gasteiger partial charge in [-0.1, -0.05) is 48.0 Å². The summed E-state index contributed by atoms with van der Waals surface area (Å²) >= 11 is 6.22. The Morgan fingerprint density at radius 3 is 2.72 bits per heavy atom. The van der Waals surface area contributed by atoms with Gasteiger partial charge in [0.15, 0.2) is 0 Å². The molecular formula is C23H24ClN3O2. The van der Waals surface area contributed by atoms with Gasteiger partial charge in [-0.25, -0.2) is 0 Å². The molecule has 1 amide bonds. The first-order valence-corrected chi connectivity index (χ1v) is 10.3. The van der Waals surface area contributed by atoms with E-state index < -0.39 is 0 Å². The summed E-state index contributed by atoms with van der Waals surface area (Å²) in [6.07, 6.45) is 2.57. The number of rotatable bonds is 6. The van der Waals surface area contributed by atoms with Gasteiger partial charge in [-0.3, -0.25) is 4.79 Å². The van der Waals surface area contributed by atoms with Crippen molar-refractivity contribution in [2.24, 2.45) is 0 Å². The molecular weight excluding hydrogens is 386 g/mol. The SMILES string of the molecule is CC(C)N(Cc1nnc(-c2ccccc2Cl)o1)C(=O)CC1CCc2ccccc21. The van der Waals surface area contributed by atoms with Crippen LogP contribution in [0.5, 0.6) is 0 Å². The lowest BCUT2D eigenvalue weighted by molar-refractivity contribution is -0.134. The maximum atomic E-state index is 13.1. The lowest BCUT2D eigenvalue weighted by Gasteiger charge is -2.26. The number of amides is 1. The molecule has 0 N–H and O–H groups in total. The van der Waals surface area contributed by atoms with Gasteiger partial charge < -0.3 is 9.32 Å². The molecule has 0 bridgehead atoms. The first-order chi connectivity index (χ1) is 14.0. The van der Waals surface area contributed by atoms with E-state index in [1.807, 2.05) is 36.9 Å². The molecule has 1 atom stereocenters. The Balaban J connectivity index is 1.48. The highest BCUT2D eigenvalue weighted by molar-refractivity contribution is 6.33. The molecule has 0 saturated heterocycles. The number of fused-ring (bicyclic) bond motifs is 1. The van der Waals surface area contributed by atoms with Crippen LogP contribution < -0.4 is 0 Å². The minimum atomic E-state index is 0.0369. The fraction of sp³-hybridized carbons (Fsp3) is 0.348. The normalized spacial score (nSPS) is 15.5. The highest BCUT2D eigenvalue weighted by Gasteiger charge is 2.28. The Bertz CT molecular complexity index is 1010. The molecule has 0 spiro atoms. The Morgan fingerprint density at radius 2 is 1.93 bits per heavy atom. The van der Waals surface area contributed by atoms with Gasteiger partial charge in [-0.15, -0.1) is 10.2 Å². The third-order valence-electron chi connectivity index (χ3n) is 5.50. The molecule has 0 radical (unpaired) electrons. The molecule has 1 aromatic heterocycles. The predicted molar refractivity (Wildman–Crippen MR) is 113 cm³/mol. The molecule has 0 saturated carbocycles. The minimum Gasteiger partial charge on any atom is -0.419 e. The second-order valence-electron chi connectivity index (χ2n) is 7.73. The number of nitrogens with zero attached hydrogens (tertiary/aromatic N) is 3. The van der Waals surface area contributed by atoms with Gasteiger partial charge in [-0.05, 0) is 55.9 Å². The highest BCUT2D eigenvalue weighted by Crippen LogP contribution is 2.36. The second-order valence-corrected chi connectivity index (χ2v) is 8.14. The van der Waals surface area contributed by atoms with E-state index in [2.05, 4.69) is 34.5 Å². The van der Waals surface area contributed by atoms with Gasteiger partial charge in [-0.2, -0.15) is 0 Å². The van der Waals surface area contributed by atoms with Crippen molar-refractivity contribution in [3.63, 3.8) is 0 Å². The van der Waals surface area contributed by atoms with Crippen molar-refractivity contribution in [2.75, 3.05) is 0 Å². The summed E-state index contributed by atoms with van der Waals surface area (Å²) in [6.45, 7) is 4.31. The molecule has 1 heterocycles. The first kappa shape index (κ1) is 19.6. The number of hydrogen-bond donors (Lipinski definition) is 0. The predicted octanol–water partition coefficient (Wildman–Crippen LogP) is 5.25. The van der Waals surface area contributed by atoms with Crippen LogP contribution in [0.3, 0.4) is 0 Å². The fourth-order valence-electron chi connectivity index (χ4n) is 3.95. The van der Waals surface area contributed by atoms with E-state index in [0.29, 0.717) is 35.3 Å². The Kier molecular flexibility index (Phi) is 5.67. The average molecular weight is 410 g/mol. The van der Waals surface area contributed by atoms with E-state index in [-0.39, 0.29) is 17.9 Å². The zero-order valence-corrected chi connectivity index (χ0v) is 17.4. The number of halogens is 1. The molecule has 1 unspecified atom stereocenters. The van der Waals surface area contributed by atoms with Crippen LogP contribution in [0.1, 0.15) is 49.6 Å². The van der Waals surface area contributed by atoms with Gasteiger partial charge in [0.25, 0.3) is 0 Å². The van der Waals surface area contributed by atoms with Gasteiger partial charge in [0, 0.05) is 12.5 Å². The quantitative estimate of drug-likeness (QED) is 0.558. The van der Waals surface area contributed by atoms with E-state index in [4.69, 9.17) is 16.0 Å². The molecule has 4 rings (SSSR count). The molecule has 150 valence electrons. The smallest absolute Gasteiger partial charge is 0.249 e. The molecule has 1 aliphatic carbocycles. The monoisotopic (exact) mass is 409 g/mol. The topological polar surface area (TPSA) is 59.2 Å². The van der Waals surface area contributed by atoms with E-state index in [0.717, 1.165) is 12.8 Å². The summed E-state index contributed by atoms with van der Waals surface area (Å²) in [6, 6.07) is 15.8. The van der Waals surface area contributed by atoms with Gasteiger partial charge in [0.1, 0.15) is 0 Å². The van der Waals surface area contributed by atoms with Crippen molar-refractivity contribution < 1.29 is 9.21 Å². The lowest BCUT2D eigenvalue weighted by Crippen LogP contribution is -2.37. The number of carbonyl (C=O) groups excluding carboxylic acids is 1. The third-order valence-corrected chi connectivity index (χ3v) is 5.83. The first-order valence-electron chi connectivity index (χ1n) is 9.97. The maximum absolute atomic E-state index is 13.1. The minimum absolute atomic E-state index is 0.0369. The number of benzene rings is 2. The molecule has 0 fully saturated rings. The molecule has 5 nitrogen and oxygen atoms in total. The molecule has 1 aliphatic rings. The van der Waals surface area contributed by atoms with Crippen molar-refractivity contribution in [1.29, 1.82) is 0 Å². The largest absolute Gasteiger partial charge is 0.419 e. The summed E-state index contributed by atoms with van der Waals surface area (Å²) in [7, 11) is 0. The standard InChI is InChI=1S/C23H24ClN3O2/c1-15(2)27(22(28)13-17-12-11-16-7-3-4-8-18(16)17)14-21-25-26-23(29-21)19-9-5-6-10-20(19)24/h3-10,15,17H,11-14H2,1-2H3. The number of aryl methyl sites for hydroxylation is 1. The molecule has 29 heavy (non-hydrogen) atoms. The van der Waals surface area contributed by atoms with Crippen LogP contribution in [0.15, 0.2) is 52.9 Å². The van der Waals surface area contributed by atoms with Crippen molar-refractivity contribution in [3.05, 3.63) is 70.6 Å². The Hall–Kier alpha value is -2.66. The van der Waals surface area contributed by atoms with Crippen molar-refractivity contribution in [2.45, 2.75) is 51.6 Å². The van der Waals surface area contributed by atoms with Crippen LogP contribution >= 0.6 is 11.6 Å². The van der Waals surface area contributed by atoms with Crippen LogP contribution in [0.25, 0.3) is 11.5 Å². The summed E-state index contributed by atoms with van der Waals surface area (Å²) < 4.78 is 5.81. The van der Waals surface area contributed by atoms with Crippen LogP contribution in [-0.4, -0.2) is 27.0 Å². The Labute approximate surface area is 175 Å². The van der Waals surface area contributed by atoms with E-state index in [1.165, 1.54) is 11.1 Å². The summed E-state index contributed by atoms with van der Waals surface area (Å²) in [5.74, 6) is 1.17. The Morgan fingerprint density at radius 1 is 1.17 bits per heavy atom. The molecule has 2 aromatic carbocycles. The van der Waals surface area contributed by atoms with Gasteiger partial charge in [0.2, 0.25) is 17.7 Å². The highest BCUT2D eigenvalue weighted by atomic mass is 35.5. The number of aromatic nitrogens is 2. The summed E-state index contributed by atoms with van der Waals surface area (Å²) in [4.78, 5) is 14.9. The molecule has 3 aromatic rings. The van der Waals surface area contributed by atoms with Crippen LogP contribution in [0, 0.1) is 0 Å². The van der Waals surface area contributed by atoms with Crippen molar-refractivity contribution in [1.82, 2.24) is 15.1 Å². The van der Waals surface area contributed by atoms with Gasteiger partial charge in [0.05, 0.1) is 17.1 Å². The zero-order valence-electron chi connectivity index (χ0n) is 16.6. The van der Waals surface area contributed by atoms with E-state index >= 15 is 0 Å². The van der Waals surface area contributed by atoms with E-state index in [9.17, 15) is 4.79 Å². The average Bonchev–Trinajstić information content (AvgIpc) is 3.34. The van der Waals surface area contributed by atoms with Crippen molar-refractivity contribution >= 4 is 17.5 Å². The fourth-order valence-corrected chi connectivity index (χ4v) is 4.17.